The molecule has 1 aliphatic heterocycles. The maximum Gasteiger partial charge on any atom is 0.573 e. The quantitative estimate of drug-likeness (QED) is 0.481. The van der Waals surface area contributed by atoms with Crippen LogP contribution < -0.4 is 15.4 Å². The minimum Gasteiger partial charge on any atom is -0.406 e. The third kappa shape index (κ3) is 5.22. The predicted molar refractivity (Wildman–Crippen MR) is 124 cm³/mol. The van der Waals surface area contributed by atoms with Gasteiger partial charge in [0.1, 0.15) is 5.75 Å². The molecule has 4 rings (SSSR count). The Morgan fingerprint density at radius 2 is 2.00 bits per heavy atom. The van der Waals surface area contributed by atoms with E-state index in [1.165, 1.54) is 24.1 Å². The summed E-state index contributed by atoms with van der Waals surface area (Å²) in [5, 5.41) is 16.5. The highest BCUT2D eigenvalue weighted by Crippen LogP contribution is 2.43. The van der Waals surface area contributed by atoms with Crippen molar-refractivity contribution in [2.24, 2.45) is 4.99 Å². The summed E-state index contributed by atoms with van der Waals surface area (Å²) in [5.74, 6) is -0.271. The monoisotopic (exact) mass is 457 g/mol. The molecular formula is C25H26F3N3O2. The summed E-state index contributed by atoms with van der Waals surface area (Å²) < 4.78 is 41.6. The molecule has 174 valence electrons. The first-order valence-electron chi connectivity index (χ1n) is 10.9. The van der Waals surface area contributed by atoms with Gasteiger partial charge in [0.15, 0.2) is 0 Å². The number of benzene rings is 2. The van der Waals surface area contributed by atoms with Crippen molar-refractivity contribution in [2.75, 3.05) is 18.5 Å². The Bertz CT molecular complexity index is 1080. The number of rotatable bonds is 8. The molecule has 0 radical (unpaired) electrons. The average molecular weight is 457 g/mol. The SMILES string of the molecule is C=CC(NCc1cc(-c2ccc(OC(F)(F)F)cc2)c2c(c1CCO)N=CCN2)=C1CCC1. The number of hydrogen-bond acceptors (Lipinski definition) is 5. The Balaban J connectivity index is 1.73. The van der Waals surface area contributed by atoms with E-state index in [9.17, 15) is 18.3 Å². The van der Waals surface area contributed by atoms with Crippen LogP contribution in [0.1, 0.15) is 30.4 Å². The molecule has 0 unspecified atom stereocenters. The Kier molecular flexibility index (Phi) is 6.74. The maximum absolute atomic E-state index is 12.5. The largest absolute Gasteiger partial charge is 0.573 e. The second-order valence-corrected chi connectivity index (χ2v) is 7.95. The molecule has 0 saturated heterocycles. The standard InChI is InChI=1S/C25H26F3N3O2/c1-2-22(17-4-3-5-17)31-15-18-14-21(16-6-8-19(9-7-16)33-25(26,27)28)24-23(20(18)10-13-32)29-11-12-30-24/h2,6-9,11,14,30-32H,1,3-5,10,12-13,15H2. The molecule has 0 amide bonds. The molecule has 1 fully saturated rings. The third-order valence-corrected chi connectivity index (χ3v) is 5.86. The molecule has 3 N–H and O–H groups in total. The number of anilines is 1. The molecule has 0 atom stereocenters. The molecule has 2 aromatic rings. The highest BCUT2D eigenvalue weighted by atomic mass is 19.4. The lowest BCUT2D eigenvalue weighted by Gasteiger charge is -2.25. The number of hydrogen-bond donors (Lipinski definition) is 3. The van der Waals surface area contributed by atoms with Gasteiger partial charge < -0.3 is 20.5 Å². The van der Waals surface area contributed by atoms with Gasteiger partial charge in [0.25, 0.3) is 0 Å². The van der Waals surface area contributed by atoms with Gasteiger partial charge in [-0.1, -0.05) is 18.7 Å². The van der Waals surface area contributed by atoms with Crippen LogP contribution in [0, 0.1) is 0 Å². The zero-order valence-corrected chi connectivity index (χ0v) is 18.1. The second-order valence-electron chi connectivity index (χ2n) is 7.95. The topological polar surface area (TPSA) is 65.9 Å². The summed E-state index contributed by atoms with van der Waals surface area (Å²) >= 11 is 0. The van der Waals surface area contributed by atoms with E-state index in [1.807, 2.05) is 12.1 Å². The van der Waals surface area contributed by atoms with Crippen LogP contribution in [0.4, 0.5) is 24.5 Å². The van der Waals surface area contributed by atoms with Gasteiger partial charge in [0, 0.05) is 30.6 Å². The van der Waals surface area contributed by atoms with Crippen LogP contribution in [0.2, 0.25) is 0 Å². The minimum absolute atomic E-state index is 0.0206. The number of nitrogens with one attached hydrogen (secondary N) is 2. The maximum atomic E-state index is 12.5. The van der Waals surface area contributed by atoms with E-state index in [0.717, 1.165) is 52.2 Å². The molecular weight excluding hydrogens is 431 g/mol. The van der Waals surface area contributed by atoms with E-state index in [-0.39, 0.29) is 12.4 Å². The lowest BCUT2D eigenvalue weighted by Crippen LogP contribution is -2.19. The van der Waals surface area contributed by atoms with E-state index >= 15 is 0 Å². The van der Waals surface area contributed by atoms with Crippen molar-refractivity contribution in [2.45, 2.75) is 38.6 Å². The molecule has 1 saturated carbocycles. The zero-order valence-electron chi connectivity index (χ0n) is 18.1. The summed E-state index contributed by atoms with van der Waals surface area (Å²) in [4.78, 5) is 4.60. The molecule has 1 aliphatic carbocycles. The Morgan fingerprint density at radius 1 is 1.24 bits per heavy atom. The van der Waals surface area contributed by atoms with Crippen molar-refractivity contribution >= 4 is 17.6 Å². The number of fused-ring (bicyclic) bond motifs is 1. The molecule has 0 spiro atoms. The van der Waals surface area contributed by atoms with Crippen LogP contribution in [-0.4, -0.2) is 30.8 Å². The van der Waals surface area contributed by atoms with Crippen molar-refractivity contribution in [1.29, 1.82) is 0 Å². The average Bonchev–Trinajstić information content (AvgIpc) is 2.75. The molecule has 0 bridgehead atoms. The van der Waals surface area contributed by atoms with Gasteiger partial charge in [-0.05, 0) is 72.2 Å². The number of aliphatic imine (C=N–C) groups is 1. The first-order chi connectivity index (χ1) is 15.9. The van der Waals surface area contributed by atoms with Gasteiger partial charge in [0.05, 0.1) is 17.9 Å². The number of aliphatic hydroxyl groups is 1. The fourth-order valence-electron chi connectivity index (χ4n) is 4.14. The Labute approximate surface area is 190 Å². The molecule has 33 heavy (non-hydrogen) atoms. The smallest absolute Gasteiger partial charge is 0.406 e. The van der Waals surface area contributed by atoms with Gasteiger partial charge in [-0.25, -0.2) is 0 Å². The summed E-state index contributed by atoms with van der Waals surface area (Å²) in [5.41, 5.74) is 7.41. The number of alkyl halides is 3. The first-order valence-corrected chi connectivity index (χ1v) is 10.9. The van der Waals surface area contributed by atoms with E-state index in [0.29, 0.717) is 19.5 Å². The van der Waals surface area contributed by atoms with Gasteiger partial charge >= 0.3 is 6.36 Å². The third-order valence-electron chi connectivity index (χ3n) is 5.86. The molecule has 8 heteroatoms. The van der Waals surface area contributed by atoms with Gasteiger partial charge in [0.2, 0.25) is 0 Å². The highest BCUT2D eigenvalue weighted by molar-refractivity contribution is 5.93. The second kappa shape index (κ2) is 9.70. The first kappa shape index (κ1) is 22.9. The summed E-state index contributed by atoms with van der Waals surface area (Å²) in [7, 11) is 0. The lowest BCUT2D eigenvalue weighted by atomic mass is 9.90. The minimum atomic E-state index is -4.74. The van der Waals surface area contributed by atoms with E-state index in [1.54, 1.807) is 18.3 Å². The van der Waals surface area contributed by atoms with Crippen molar-refractivity contribution in [1.82, 2.24) is 5.32 Å². The van der Waals surface area contributed by atoms with Gasteiger partial charge in [-0.3, -0.25) is 4.99 Å². The normalized spacial score (nSPS) is 14.7. The van der Waals surface area contributed by atoms with Crippen LogP contribution >= 0.6 is 0 Å². The van der Waals surface area contributed by atoms with Crippen LogP contribution in [-0.2, 0) is 13.0 Å². The van der Waals surface area contributed by atoms with Crippen molar-refractivity contribution in [3.05, 3.63) is 65.4 Å². The van der Waals surface area contributed by atoms with E-state index in [2.05, 4.69) is 26.9 Å². The van der Waals surface area contributed by atoms with Gasteiger partial charge in [-0.15, -0.1) is 13.2 Å². The van der Waals surface area contributed by atoms with E-state index < -0.39 is 6.36 Å². The van der Waals surface area contributed by atoms with Crippen LogP contribution in [0.5, 0.6) is 5.75 Å². The van der Waals surface area contributed by atoms with Gasteiger partial charge in [-0.2, -0.15) is 0 Å². The van der Waals surface area contributed by atoms with Crippen molar-refractivity contribution in [3.63, 3.8) is 0 Å². The Hall–Kier alpha value is -3.26. The van der Waals surface area contributed by atoms with Crippen LogP contribution in [0.15, 0.2) is 59.2 Å². The summed E-state index contributed by atoms with van der Waals surface area (Å²) in [6, 6.07) is 7.82. The van der Waals surface area contributed by atoms with Crippen LogP contribution in [0.3, 0.4) is 0 Å². The summed E-state index contributed by atoms with van der Waals surface area (Å²) in [6.07, 6.45) is 2.62. The van der Waals surface area contributed by atoms with Crippen molar-refractivity contribution in [3.8, 4) is 16.9 Å². The number of aliphatic hydroxyl groups excluding tert-OH is 1. The van der Waals surface area contributed by atoms with E-state index in [4.69, 9.17) is 0 Å². The fraction of sp³-hybridized carbons (Fsp3) is 0.320. The highest BCUT2D eigenvalue weighted by Gasteiger charge is 2.31. The molecule has 0 aromatic heterocycles. The molecule has 1 heterocycles. The number of ether oxygens (including phenoxy) is 1. The fourth-order valence-corrected chi connectivity index (χ4v) is 4.14. The summed E-state index contributed by atoms with van der Waals surface area (Å²) in [6.45, 7) is 4.96. The van der Waals surface area contributed by atoms with Crippen LogP contribution in [0.25, 0.3) is 11.1 Å². The number of halogens is 3. The van der Waals surface area contributed by atoms with Crippen molar-refractivity contribution < 1.29 is 23.0 Å². The lowest BCUT2D eigenvalue weighted by molar-refractivity contribution is -0.274. The Morgan fingerprint density at radius 3 is 2.61 bits per heavy atom. The predicted octanol–water partition coefficient (Wildman–Crippen LogP) is 5.63. The number of nitrogens with zero attached hydrogens (tertiary/aromatic N) is 1. The number of allylic oxidation sites excluding steroid dienone is 2. The zero-order chi connectivity index (χ0) is 23.4. The molecule has 2 aliphatic rings. The molecule has 5 nitrogen and oxygen atoms in total. The molecule has 2 aromatic carbocycles.